The van der Waals surface area contributed by atoms with Crippen molar-refractivity contribution in [3.8, 4) is 5.69 Å². The van der Waals surface area contributed by atoms with Crippen molar-refractivity contribution in [3.05, 3.63) is 83.7 Å². The molecule has 3 aromatic rings. The zero-order chi connectivity index (χ0) is 16.9. The van der Waals surface area contributed by atoms with Crippen molar-refractivity contribution in [1.29, 1.82) is 0 Å². The monoisotopic (exact) mass is 320 g/mol. The molecular formula is C18H16N4O2. The molecule has 0 aliphatic heterocycles. The van der Waals surface area contributed by atoms with Gasteiger partial charge in [0.25, 0.3) is 5.91 Å². The minimum atomic E-state index is -0.470. The van der Waals surface area contributed by atoms with Gasteiger partial charge >= 0.3 is 0 Å². The zero-order valence-electron chi connectivity index (χ0n) is 12.8. The number of amides is 2. The van der Waals surface area contributed by atoms with Crippen LogP contribution in [0.3, 0.4) is 0 Å². The summed E-state index contributed by atoms with van der Waals surface area (Å²) in [6.45, 7) is 0.374. The van der Waals surface area contributed by atoms with Crippen molar-refractivity contribution >= 4 is 11.8 Å². The number of benzene rings is 2. The maximum Gasteiger partial charge on any atom is 0.251 e. The Kier molecular flexibility index (Phi) is 4.38. The van der Waals surface area contributed by atoms with Gasteiger partial charge in [-0.1, -0.05) is 12.1 Å². The number of hydrogen-bond acceptors (Lipinski definition) is 3. The number of primary amides is 1. The van der Waals surface area contributed by atoms with Gasteiger partial charge in [-0.3, -0.25) is 9.59 Å². The van der Waals surface area contributed by atoms with Crippen LogP contribution in [0.5, 0.6) is 0 Å². The number of hydrogen-bond donors (Lipinski definition) is 2. The van der Waals surface area contributed by atoms with E-state index in [-0.39, 0.29) is 5.91 Å². The number of carbonyl (C=O) groups excluding carboxylic acids is 2. The summed E-state index contributed by atoms with van der Waals surface area (Å²) < 4.78 is 1.72. The summed E-state index contributed by atoms with van der Waals surface area (Å²) in [6, 6.07) is 15.8. The van der Waals surface area contributed by atoms with Gasteiger partial charge in [0.2, 0.25) is 5.91 Å². The molecule has 0 saturated heterocycles. The Labute approximate surface area is 138 Å². The fourth-order valence-corrected chi connectivity index (χ4v) is 2.26. The molecule has 0 fully saturated rings. The first kappa shape index (κ1) is 15.5. The third-order valence-corrected chi connectivity index (χ3v) is 3.59. The summed E-state index contributed by atoms with van der Waals surface area (Å²) in [5, 5.41) is 6.98. The molecule has 0 bridgehead atoms. The molecule has 6 heteroatoms. The summed E-state index contributed by atoms with van der Waals surface area (Å²) in [4.78, 5) is 23.2. The number of nitrogens with one attached hydrogen (secondary N) is 1. The molecule has 0 unspecified atom stereocenters. The van der Waals surface area contributed by atoms with Crippen LogP contribution in [0.4, 0.5) is 0 Å². The minimum Gasteiger partial charge on any atom is -0.366 e. The van der Waals surface area contributed by atoms with E-state index in [0.29, 0.717) is 17.7 Å². The predicted octanol–water partition coefficient (Wildman–Crippen LogP) is 1.90. The number of aromatic nitrogens is 2. The van der Waals surface area contributed by atoms with Crippen LogP contribution >= 0.6 is 0 Å². The van der Waals surface area contributed by atoms with Crippen molar-refractivity contribution in [2.24, 2.45) is 5.73 Å². The highest BCUT2D eigenvalue weighted by atomic mass is 16.2. The van der Waals surface area contributed by atoms with Crippen LogP contribution in [0.2, 0.25) is 0 Å². The Hall–Kier alpha value is -3.41. The molecule has 0 aliphatic rings. The summed E-state index contributed by atoms with van der Waals surface area (Å²) >= 11 is 0. The van der Waals surface area contributed by atoms with E-state index < -0.39 is 5.91 Å². The van der Waals surface area contributed by atoms with Gasteiger partial charge in [-0.15, -0.1) is 0 Å². The molecule has 0 radical (unpaired) electrons. The lowest BCUT2D eigenvalue weighted by atomic mass is 10.1. The zero-order valence-corrected chi connectivity index (χ0v) is 12.8. The highest BCUT2D eigenvalue weighted by molar-refractivity contribution is 5.94. The topological polar surface area (TPSA) is 90.0 Å². The number of carbonyl (C=O) groups is 2. The molecular weight excluding hydrogens is 304 g/mol. The Balaban J connectivity index is 1.61. The molecule has 2 amide bonds. The highest BCUT2D eigenvalue weighted by Crippen LogP contribution is 2.09. The molecule has 0 atom stereocenters. The van der Waals surface area contributed by atoms with Gasteiger partial charge in [0.1, 0.15) is 0 Å². The van der Waals surface area contributed by atoms with Crippen molar-refractivity contribution in [1.82, 2.24) is 15.1 Å². The molecule has 2 aromatic carbocycles. The van der Waals surface area contributed by atoms with Gasteiger partial charge in [0, 0.05) is 30.1 Å². The molecule has 0 saturated carbocycles. The van der Waals surface area contributed by atoms with Crippen LogP contribution < -0.4 is 11.1 Å². The Morgan fingerprint density at radius 3 is 2.25 bits per heavy atom. The average Bonchev–Trinajstić information content (AvgIpc) is 3.15. The first-order chi connectivity index (χ1) is 11.6. The fourth-order valence-electron chi connectivity index (χ4n) is 2.26. The third kappa shape index (κ3) is 3.49. The maximum atomic E-state index is 12.2. The molecule has 1 aromatic heterocycles. The molecule has 0 spiro atoms. The molecule has 0 aliphatic carbocycles. The normalized spacial score (nSPS) is 10.3. The van der Waals surface area contributed by atoms with E-state index in [1.54, 1.807) is 47.3 Å². The van der Waals surface area contributed by atoms with Crippen LogP contribution in [-0.4, -0.2) is 21.6 Å². The van der Waals surface area contributed by atoms with Crippen LogP contribution in [-0.2, 0) is 6.54 Å². The number of rotatable bonds is 5. The molecule has 24 heavy (non-hydrogen) atoms. The molecule has 3 rings (SSSR count). The summed E-state index contributed by atoms with van der Waals surface area (Å²) in [5.74, 6) is -0.635. The Morgan fingerprint density at radius 1 is 1.00 bits per heavy atom. The Morgan fingerprint density at radius 2 is 1.67 bits per heavy atom. The summed E-state index contributed by atoms with van der Waals surface area (Å²) in [5.41, 5.74) is 7.99. The smallest absolute Gasteiger partial charge is 0.251 e. The first-order valence-corrected chi connectivity index (χ1v) is 7.40. The van der Waals surface area contributed by atoms with Gasteiger partial charge in [-0.05, 0) is 48.0 Å². The van der Waals surface area contributed by atoms with Gasteiger partial charge < -0.3 is 11.1 Å². The van der Waals surface area contributed by atoms with E-state index >= 15 is 0 Å². The van der Waals surface area contributed by atoms with E-state index in [2.05, 4.69) is 10.4 Å². The summed E-state index contributed by atoms with van der Waals surface area (Å²) in [6.07, 6.45) is 3.54. The fraction of sp³-hybridized carbons (Fsp3) is 0.0556. The van der Waals surface area contributed by atoms with Crippen LogP contribution in [0, 0.1) is 0 Å². The van der Waals surface area contributed by atoms with Crippen LogP contribution in [0.15, 0.2) is 67.0 Å². The number of nitrogens with zero attached hydrogens (tertiary/aromatic N) is 2. The van der Waals surface area contributed by atoms with Gasteiger partial charge in [0.05, 0.1) is 5.69 Å². The summed E-state index contributed by atoms with van der Waals surface area (Å²) in [7, 11) is 0. The van der Waals surface area contributed by atoms with Crippen molar-refractivity contribution in [2.45, 2.75) is 6.54 Å². The first-order valence-electron chi connectivity index (χ1n) is 7.40. The standard InChI is InChI=1S/C18H16N4O2/c19-17(23)14-4-2-13(3-5-14)12-20-18(24)15-6-8-16(9-7-15)22-11-1-10-21-22/h1-11H,12H2,(H2,19,23)(H,20,24). The lowest BCUT2D eigenvalue weighted by Crippen LogP contribution is -2.22. The maximum absolute atomic E-state index is 12.2. The highest BCUT2D eigenvalue weighted by Gasteiger charge is 2.06. The minimum absolute atomic E-state index is 0.166. The van der Waals surface area contributed by atoms with Crippen molar-refractivity contribution < 1.29 is 9.59 Å². The van der Waals surface area contributed by atoms with E-state index in [4.69, 9.17) is 5.73 Å². The number of nitrogens with two attached hydrogens (primary N) is 1. The molecule has 120 valence electrons. The van der Waals surface area contributed by atoms with Crippen LogP contribution in [0.1, 0.15) is 26.3 Å². The van der Waals surface area contributed by atoms with Gasteiger partial charge in [-0.25, -0.2) is 4.68 Å². The van der Waals surface area contributed by atoms with Crippen molar-refractivity contribution in [2.75, 3.05) is 0 Å². The quantitative estimate of drug-likeness (QED) is 0.752. The average molecular weight is 320 g/mol. The van der Waals surface area contributed by atoms with E-state index in [0.717, 1.165) is 11.3 Å². The van der Waals surface area contributed by atoms with Crippen LogP contribution in [0.25, 0.3) is 5.69 Å². The third-order valence-electron chi connectivity index (χ3n) is 3.59. The lowest BCUT2D eigenvalue weighted by molar-refractivity contribution is 0.0949. The van der Waals surface area contributed by atoms with E-state index in [9.17, 15) is 9.59 Å². The molecule has 6 nitrogen and oxygen atoms in total. The lowest BCUT2D eigenvalue weighted by Gasteiger charge is -2.07. The second kappa shape index (κ2) is 6.78. The predicted molar refractivity (Wildman–Crippen MR) is 89.7 cm³/mol. The molecule has 1 heterocycles. The SMILES string of the molecule is NC(=O)c1ccc(CNC(=O)c2ccc(-n3cccn3)cc2)cc1. The van der Waals surface area contributed by atoms with E-state index in [1.807, 2.05) is 24.4 Å². The van der Waals surface area contributed by atoms with Crippen molar-refractivity contribution in [3.63, 3.8) is 0 Å². The second-order valence-corrected chi connectivity index (χ2v) is 5.24. The molecule has 3 N–H and O–H groups in total. The van der Waals surface area contributed by atoms with Gasteiger partial charge in [0.15, 0.2) is 0 Å². The Bertz CT molecular complexity index is 838. The van der Waals surface area contributed by atoms with Gasteiger partial charge in [-0.2, -0.15) is 5.10 Å². The largest absolute Gasteiger partial charge is 0.366 e. The second-order valence-electron chi connectivity index (χ2n) is 5.24. The van der Waals surface area contributed by atoms with E-state index in [1.165, 1.54) is 0 Å².